The number of pyridine rings is 2. The molecule has 1 unspecified atom stereocenters. The quantitative estimate of drug-likeness (QED) is 0.299. The Hall–Kier alpha value is -3.72. The smallest absolute Gasteiger partial charge is 0.301 e. The highest BCUT2D eigenvalue weighted by molar-refractivity contribution is 7.18. The predicted molar refractivity (Wildman–Crippen MR) is 110 cm³/mol. The number of carbonyl (C=O) groups excluding carboxylic acids is 3. The number of aliphatic hydroxyl groups excluding tert-OH is 1. The maximum absolute atomic E-state index is 13.0. The van der Waals surface area contributed by atoms with Gasteiger partial charge in [-0.05, 0) is 30.7 Å². The molecule has 0 aromatic carbocycles. The Morgan fingerprint density at radius 2 is 1.87 bits per heavy atom. The molecule has 8 nitrogen and oxygen atoms in total. The third-order valence-corrected chi connectivity index (χ3v) is 5.97. The van der Waals surface area contributed by atoms with E-state index in [2.05, 4.69) is 15.0 Å². The molecule has 1 aliphatic heterocycles. The molecule has 30 heavy (non-hydrogen) atoms. The molecule has 0 aliphatic carbocycles. The van der Waals surface area contributed by atoms with E-state index in [4.69, 9.17) is 0 Å². The molecule has 4 heterocycles. The average Bonchev–Trinajstić information content (AvgIpc) is 3.26. The summed E-state index contributed by atoms with van der Waals surface area (Å²) in [7, 11) is 0. The minimum atomic E-state index is -0.933. The minimum absolute atomic E-state index is 0.0728. The molecule has 0 radical (unpaired) electrons. The Morgan fingerprint density at radius 1 is 1.13 bits per heavy atom. The van der Waals surface area contributed by atoms with Gasteiger partial charge in [0.1, 0.15) is 5.76 Å². The fourth-order valence-electron chi connectivity index (χ4n) is 3.36. The van der Waals surface area contributed by atoms with Gasteiger partial charge < -0.3 is 5.11 Å². The van der Waals surface area contributed by atoms with Crippen LogP contribution in [0.25, 0.3) is 5.76 Å². The lowest BCUT2D eigenvalue weighted by Gasteiger charge is -2.22. The topological polar surface area (TPSA) is 113 Å². The van der Waals surface area contributed by atoms with E-state index < -0.39 is 17.7 Å². The van der Waals surface area contributed by atoms with Crippen LogP contribution in [0.15, 0.2) is 54.6 Å². The van der Waals surface area contributed by atoms with Crippen molar-refractivity contribution in [1.82, 2.24) is 15.0 Å². The van der Waals surface area contributed by atoms with Gasteiger partial charge in [-0.1, -0.05) is 17.4 Å². The Balaban J connectivity index is 1.94. The number of hydrogen-bond acceptors (Lipinski definition) is 8. The van der Waals surface area contributed by atoms with Crippen molar-refractivity contribution in [2.45, 2.75) is 19.9 Å². The maximum Gasteiger partial charge on any atom is 0.301 e. The molecule has 150 valence electrons. The molecule has 1 N–H and O–H groups in total. The molecule has 3 aromatic rings. The highest BCUT2D eigenvalue weighted by atomic mass is 32.1. The van der Waals surface area contributed by atoms with E-state index >= 15 is 0 Å². The van der Waals surface area contributed by atoms with Crippen LogP contribution in [0.3, 0.4) is 0 Å². The average molecular weight is 420 g/mol. The molecule has 1 amide bonds. The number of Topliss-reactive ketones (excluding diaryl/α,β-unsaturated/α-hetero) is 2. The monoisotopic (exact) mass is 420 g/mol. The highest BCUT2D eigenvalue weighted by Gasteiger charge is 2.48. The lowest BCUT2D eigenvalue weighted by Crippen LogP contribution is -2.29. The third-order valence-electron chi connectivity index (χ3n) is 4.71. The first kappa shape index (κ1) is 19.6. The number of amides is 1. The molecule has 1 fully saturated rings. The van der Waals surface area contributed by atoms with Gasteiger partial charge in [0, 0.05) is 37.3 Å². The van der Waals surface area contributed by atoms with Crippen LogP contribution in [0.1, 0.15) is 39.5 Å². The number of ketones is 2. The maximum atomic E-state index is 13.0. The van der Waals surface area contributed by atoms with Crippen LogP contribution in [0, 0.1) is 6.92 Å². The van der Waals surface area contributed by atoms with Crippen molar-refractivity contribution in [3.05, 3.63) is 76.3 Å². The summed E-state index contributed by atoms with van der Waals surface area (Å²) < 4.78 is 0. The zero-order chi connectivity index (χ0) is 21.4. The van der Waals surface area contributed by atoms with E-state index in [0.29, 0.717) is 21.7 Å². The number of nitrogens with zero attached hydrogens (tertiary/aromatic N) is 4. The lowest BCUT2D eigenvalue weighted by molar-refractivity contribution is -0.132. The van der Waals surface area contributed by atoms with E-state index in [0.717, 1.165) is 11.3 Å². The predicted octanol–water partition coefficient (Wildman–Crippen LogP) is 3.07. The number of hydrogen-bond donors (Lipinski definition) is 1. The number of anilines is 1. The van der Waals surface area contributed by atoms with E-state index in [9.17, 15) is 19.5 Å². The van der Waals surface area contributed by atoms with Gasteiger partial charge >= 0.3 is 5.91 Å². The first-order valence-electron chi connectivity index (χ1n) is 9.00. The first-order chi connectivity index (χ1) is 14.4. The molecule has 0 bridgehead atoms. The number of aryl methyl sites for hydroxylation is 1. The highest BCUT2D eigenvalue weighted by Crippen LogP contribution is 2.43. The van der Waals surface area contributed by atoms with Crippen molar-refractivity contribution >= 4 is 39.7 Å². The van der Waals surface area contributed by atoms with E-state index in [1.165, 1.54) is 30.4 Å². The molecular formula is C21H16N4O4S. The van der Waals surface area contributed by atoms with Crippen molar-refractivity contribution < 1.29 is 19.5 Å². The van der Waals surface area contributed by atoms with Crippen LogP contribution in [0.5, 0.6) is 0 Å². The summed E-state index contributed by atoms with van der Waals surface area (Å²) in [6, 6.07) is 5.55. The minimum Gasteiger partial charge on any atom is -0.507 e. The van der Waals surface area contributed by atoms with E-state index in [1.807, 2.05) is 0 Å². The Kier molecular flexibility index (Phi) is 4.96. The number of rotatable bonds is 4. The van der Waals surface area contributed by atoms with Crippen molar-refractivity contribution in [2.24, 2.45) is 0 Å². The zero-order valence-electron chi connectivity index (χ0n) is 16.1. The van der Waals surface area contributed by atoms with Gasteiger partial charge in [0.05, 0.1) is 22.2 Å². The van der Waals surface area contributed by atoms with Crippen molar-refractivity contribution in [1.29, 1.82) is 0 Å². The van der Waals surface area contributed by atoms with Crippen LogP contribution in [0.4, 0.5) is 5.13 Å². The Bertz CT molecular complexity index is 1190. The summed E-state index contributed by atoms with van der Waals surface area (Å²) in [6.45, 7) is 3.09. The Morgan fingerprint density at radius 3 is 2.47 bits per heavy atom. The summed E-state index contributed by atoms with van der Waals surface area (Å²) in [5, 5.41) is 11.1. The second kappa shape index (κ2) is 7.60. The van der Waals surface area contributed by atoms with Gasteiger partial charge in [0.15, 0.2) is 10.9 Å². The summed E-state index contributed by atoms with van der Waals surface area (Å²) in [6.07, 6.45) is 6.05. The summed E-state index contributed by atoms with van der Waals surface area (Å²) in [5.41, 5.74) is 1.29. The zero-order valence-corrected chi connectivity index (χ0v) is 16.9. The number of aliphatic hydroxyl groups is 1. The molecule has 1 saturated heterocycles. The van der Waals surface area contributed by atoms with Gasteiger partial charge in [-0.3, -0.25) is 29.3 Å². The molecule has 1 atom stereocenters. The van der Waals surface area contributed by atoms with Crippen LogP contribution in [-0.4, -0.2) is 37.5 Å². The molecule has 4 rings (SSSR count). The fourth-order valence-corrected chi connectivity index (χ4v) is 4.35. The molecule has 9 heteroatoms. The van der Waals surface area contributed by atoms with Gasteiger partial charge in [0.25, 0.3) is 5.78 Å². The molecule has 0 saturated carbocycles. The normalized spacial score (nSPS) is 18.1. The van der Waals surface area contributed by atoms with Gasteiger partial charge in [-0.15, -0.1) is 0 Å². The molecule has 0 spiro atoms. The van der Waals surface area contributed by atoms with Gasteiger partial charge in [-0.25, -0.2) is 4.98 Å². The Labute approximate surface area is 175 Å². The lowest BCUT2D eigenvalue weighted by atomic mass is 9.97. The van der Waals surface area contributed by atoms with Crippen molar-refractivity contribution in [3.8, 4) is 0 Å². The van der Waals surface area contributed by atoms with Gasteiger partial charge in [0.2, 0.25) is 0 Å². The largest absolute Gasteiger partial charge is 0.507 e. The second-order valence-corrected chi connectivity index (χ2v) is 7.64. The number of aromatic nitrogens is 3. The van der Waals surface area contributed by atoms with E-state index in [-0.39, 0.29) is 22.2 Å². The third kappa shape index (κ3) is 3.18. The molecular weight excluding hydrogens is 404 g/mol. The van der Waals surface area contributed by atoms with Crippen LogP contribution < -0.4 is 4.90 Å². The van der Waals surface area contributed by atoms with E-state index in [1.54, 1.807) is 37.4 Å². The van der Waals surface area contributed by atoms with Crippen molar-refractivity contribution in [3.63, 3.8) is 0 Å². The van der Waals surface area contributed by atoms with Crippen LogP contribution >= 0.6 is 11.3 Å². The van der Waals surface area contributed by atoms with Crippen molar-refractivity contribution in [2.75, 3.05) is 4.90 Å². The summed E-state index contributed by atoms with van der Waals surface area (Å²) >= 11 is 1.04. The number of thiazole rings is 1. The SMILES string of the molecule is CC(=O)c1sc(N2C(=O)C(=O)C(=C(O)c3ccncc3)C2c2cccnc2)nc1C. The van der Waals surface area contributed by atoms with Crippen LogP contribution in [0.2, 0.25) is 0 Å². The molecule has 3 aromatic heterocycles. The fraction of sp³-hybridized carbons (Fsp3) is 0.143. The second-order valence-electron chi connectivity index (χ2n) is 6.66. The standard InChI is InChI=1S/C21H16N4O4S/c1-11-19(12(2)26)30-21(24-11)25-16(14-4-3-7-23-10-14)15(18(28)20(25)29)17(27)13-5-8-22-9-6-13/h3-10,16,27H,1-2H3. The molecule has 1 aliphatic rings. The van der Waals surface area contributed by atoms with Crippen LogP contribution in [-0.2, 0) is 9.59 Å². The van der Waals surface area contributed by atoms with Gasteiger partial charge in [-0.2, -0.15) is 0 Å². The first-order valence-corrected chi connectivity index (χ1v) is 9.81. The number of carbonyl (C=O) groups is 3. The summed E-state index contributed by atoms with van der Waals surface area (Å²) in [4.78, 5) is 51.9. The summed E-state index contributed by atoms with van der Waals surface area (Å²) in [5.74, 6) is -2.16.